The molecule has 6 nitrogen and oxygen atoms in total. The zero-order chi connectivity index (χ0) is 18.7. The summed E-state index contributed by atoms with van der Waals surface area (Å²) in [6, 6.07) is 8.58. The first-order chi connectivity index (χ1) is 13.2. The number of rotatable bonds is 5. The number of nitrogens with zero attached hydrogens (tertiary/aromatic N) is 4. The number of piperidine rings is 1. The first-order valence-corrected chi connectivity index (χ1v) is 10.6. The zero-order valence-corrected chi connectivity index (χ0v) is 17.4. The fraction of sp³-hybridized carbons (Fsp3) is 0.550. The quantitative estimate of drug-likeness (QED) is 0.562. The molecule has 0 atom stereocenters. The van der Waals surface area contributed by atoms with E-state index in [-0.39, 0.29) is 5.41 Å². The van der Waals surface area contributed by atoms with Gasteiger partial charge in [-0.3, -0.25) is 10.1 Å². The molecule has 0 radical (unpaired) electrons. The van der Waals surface area contributed by atoms with Crippen LogP contribution in [0.15, 0.2) is 40.1 Å². The highest BCUT2D eigenvalue weighted by atomic mass is 79.9. The third kappa shape index (κ3) is 4.03. The summed E-state index contributed by atoms with van der Waals surface area (Å²) in [6.07, 6.45) is 6.19. The molecule has 1 saturated carbocycles. The van der Waals surface area contributed by atoms with Crippen molar-refractivity contribution in [3.05, 3.63) is 46.5 Å². The van der Waals surface area contributed by atoms with E-state index >= 15 is 0 Å². The van der Waals surface area contributed by atoms with Gasteiger partial charge in [-0.15, -0.1) is 0 Å². The summed E-state index contributed by atoms with van der Waals surface area (Å²) in [4.78, 5) is 11.8. The van der Waals surface area contributed by atoms with Crippen molar-refractivity contribution in [2.45, 2.75) is 43.9 Å². The van der Waals surface area contributed by atoms with Gasteiger partial charge >= 0.3 is 0 Å². The van der Waals surface area contributed by atoms with Crippen LogP contribution in [0.5, 0.6) is 0 Å². The summed E-state index contributed by atoms with van der Waals surface area (Å²) in [7, 11) is 0. The van der Waals surface area contributed by atoms with Crippen LogP contribution < -0.4 is 5.32 Å². The standard InChI is InChI=1S/C20H27BrN6/c1-2-22-19(27-11-7-15(8-12-27)18-24-14-25-26-18)23-13-20(9-10-20)16-5-3-4-6-17(16)21/h3-6,14-15H,2,7-13H2,1H3,(H,22,23)(H,24,25,26). The number of hydrogen-bond donors (Lipinski definition) is 2. The molecule has 1 aromatic heterocycles. The third-order valence-electron chi connectivity index (χ3n) is 5.78. The Morgan fingerprint density at radius 2 is 2.11 bits per heavy atom. The molecule has 144 valence electrons. The number of H-pyrrole nitrogens is 1. The van der Waals surface area contributed by atoms with Gasteiger partial charge in [-0.05, 0) is 44.2 Å². The van der Waals surface area contributed by atoms with Gasteiger partial charge < -0.3 is 10.2 Å². The number of aliphatic imine (C=N–C) groups is 1. The molecule has 2 aliphatic rings. The summed E-state index contributed by atoms with van der Waals surface area (Å²) in [5.41, 5.74) is 1.60. The summed E-state index contributed by atoms with van der Waals surface area (Å²) in [6.45, 7) is 5.87. The van der Waals surface area contributed by atoms with Crippen LogP contribution in [-0.2, 0) is 5.41 Å². The molecule has 7 heteroatoms. The number of aromatic nitrogens is 3. The van der Waals surface area contributed by atoms with Gasteiger partial charge in [0, 0.05) is 35.4 Å². The number of hydrogen-bond acceptors (Lipinski definition) is 3. The van der Waals surface area contributed by atoms with Crippen LogP contribution in [0.3, 0.4) is 0 Å². The van der Waals surface area contributed by atoms with Crippen LogP contribution in [0.25, 0.3) is 0 Å². The number of nitrogens with one attached hydrogen (secondary N) is 2. The molecule has 0 spiro atoms. The van der Waals surface area contributed by atoms with E-state index in [1.807, 2.05) is 0 Å². The Kier molecular flexibility index (Phi) is 5.48. The van der Waals surface area contributed by atoms with E-state index in [2.05, 4.69) is 72.5 Å². The van der Waals surface area contributed by atoms with Gasteiger partial charge in [0.25, 0.3) is 0 Å². The van der Waals surface area contributed by atoms with E-state index < -0.39 is 0 Å². The Hall–Kier alpha value is -1.89. The average Bonchev–Trinajstić information content (AvgIpc) is 3.27. The van der Waals surface area contributed by atoms with Crippen LogP contribution in [0.4, 0.5) is 0 Å². The summed E-state index contributed by atoms with van der Waals surface area (Å²) >= 11 is 3.72. The molecule has 2 N–H and O–H groups in total. The second-order valence-electron chi connectivity index (χ2n) is 7.56. The average molecular weight is 431 g/mol. The monoisotopic (exact) mass is 430 g/mol. The zero-order valence-electron chi connectivity index (χ0n) is 15.8. The van der Waals surface area contributed by atoms with Crippen LogP contribution in [0.2, 0.25) is 0 Å². The van der Waals surface area contributed by atoms with E-state index in [9.17, 15) is 0 Å². The van der Waals surface area contributed by atoms with Crippen molar-refractivity contribution >= 4 is 21.9 Å². The van der Waals surface area contributed by atoms with Crippen molar-refractivity contribution < 1.29 is 0 Å². The van der Waals surface area contributed by atoms with Gasteiger partial charge in [-0.1, -0.05) is 34.1 Å². The lowest BCUT2D eigenvalue weighted by molar-refractivity contribution is 0.298. The van der Waals surface area contributed by atoms with Crippen molar-refractivity contribution in [2.24, 2.45) is 4.99 Å². The van der Waals surface area contributed by atoms with Gasteiger partial charge in [0.1, 0.15) is 12.2 Å². The minimum atomic E-state index is 0.207. The van der Waals surface area contributed by atoms with E-state index in [1.165, 1.54) is 22.9 Å². The molecule has 27 heavy (non-hydrogen) atoms. The molecule has 0 amide bonds. The van der Waals surface area contributed by atoms with Crippen molar-refractivity contribution in [3.8, 4) is 0 Å². The molecule has 1 saturated heterocycles. The van der Waals surface area contributed by atoms with Crippen molar-refractivity contribution in [3.63, 3.8) is 0 Å². The highest BCUT2D eigenvalue weighted by molar-refractivity contribution is 9.10. The predicted octanol–water partition coefficient (Wildman–Crippen LogP) is 3.44. The van der Waals surface area contributed by atoms with Gasteiger partial charge in [0.15, 0.2) is 5.96 Å². The SMILES string of the molecule is CCNC(=NCC1(c2ccccc2Br)CC1)N1CCC(c2ncn[nH]2)CC1. The fourth-order valence-corrected chi connectivity index (χ4v) is 4.69. The van der Waals surface area contributed by atoms with Crippen LogP contribution >= 0.6 is 15.9 Å². The maximum absolute atomic E-state index is 5.05. The topological polar surface area (TPSA) is 69.2 Å². The molecule has 1 aromatic carbocycles. The second kappa shape index (κ2) is 8.00. The van der Waals surface area contributed by atoms with Crippen molar-refractivity contribution in [1.29, 1.82) is 0 Å². The first kappa shape index (κ1) is 18.5. The Bertz CT molecular complexity index is 776. The molecule has 1 aliphatic heterocycles. The molecule has 2 aromatic rings. The third-order valence-corrected chi connectivity index (χ3v) is 6.47. The van der Waals surface area contributed by atoms with Gasteiger partial charge in [0.2, 0.25) is 0 Å². The fourth-order valence-electron chi connectivity index (χ4n) is 3.98. The molecule has 2 heterocycles. The lowest BCUT2D eigenvalue weighted by Crippen LogP contribution is -2.45. The lowest BCUT2D eigenvalue weighted by Gasteiger charge is -2.33. The minimum Gasteiger partial charge on any atom is -0.357 e. The largest absolute Gasteiger partial charge is 0.357 e. The maximum Gasteiger partial charge on any atom is 0.193 e. The minimum absolute atomic E-state index is 0.207. The van der Waals surface area contributed by atoms with Gasteiger partial charge in [-0.25, -0.2) is 4.98 Å². The molecule has 0 bridgehead atoms. The molecule has 4 rings (SSSR count). The summed E-state index contributed by atoms with van der Waals surface area (Å²) < 4.78 is 1.20. The molecule has 2 fully saturated rings. The van der Waals surface area contributed by atoms with Crippen LogP contribution in [0, 0.1) is 0 Å². The molecular formula is C20H27BrN6. The number of guanidine groups is 1. The van der Waals surface area contributed by atoms with E-state index in [0.717, 1.165) is 50.8 Å². The Labute approximate surface area is 169 Å². The Morgan fingerprint density at radius 3 is 2.74 bits per heavy atom. The number of halogens is 1. The van der Waals surface area contributed by atoms with Crippen LogP contribution in [0.1, 0.15) is 49.9 Å². The smallest absolute Gasteiger partial charge is 0.193 e. The van der Waals surface area contributed by atoms with Crippen LogP contribution in [-0.4, -0.2) is 52.2 Å². The molecule has 1 aliphatic carbocycles. The van der Waals surface area contributed by atoms with E-state index in [1.54, 1.807) is 6.33 Å². The van der Waals surface area contributed by atoms with E-state index in [4.69, 9.17) is 4.99 Å². The normalized spacial score (nSPS) is 19.9. The molecule has 0 unspecified atom stereocenters. The molecular weight excluding hydrogens is 404 g/mol. The Morgan fingerprint density at radius 1 is 1.33 bits per heavy atom. The van der Waals surface area contributed by atoms with Crippen molar-refractivity contribution in [1.82, 2.24) is 25.4 Å². The summed E-state index contributed by atoms with van der Waals surface area (Å²) in [5, 5.41) is 10.5. The highest BCUT2D eigenvalue weighted by Crippen LogP contribution is 2.50. The predicted molar refractivity (Wildman–Crippen MR) is 111 cm³/mol. The Balaban J connectivity index is 1.43. The van der Waals surface area contributed by atoms with Crippen molar-refractivity contribution in [2.75, 3.05) is 26.2 Å². The lowest BCUT2D eigenvalue weighted by atomic mass is 9.96. The summed E-state index contributed by atoms with van der Waals surface area (Å²) in [5.74, 6) is 2.54. The van der Waals surface area contributed by atoms with E-state index in [0.29, 0.717) is 5.92 Å². The number of likely N-dealkylation sites (tertiary alicyclic amines) is 1. The second-order valence-corrected chi connectivity index (χ2v) is 8.42. The number of aromatic amines is 1. The maximum atomic E-state index is 5.05. The van der Waals surface area contributed by atoms with Gasteiger partial charge in [-0.2, -0.15) is 5.10 Å². The first-order valence-electron chi connectivity index (χ1n) is 9.85. The van der Waals surface area contributed by atoms with Gasteiger partial charge in [0.05, 0.1) is 6.54 Å². The highest BCUT2D eigenvalue weighted by Gasteiger charge is 2.45. The number of benzene rings is 1.